The standard InChI is InChI=1S/C15H13NO3/c1-19-14-5-3-2-4-12(14)10-16-13-8-6-11(7-9-13)15(17)18/h2-10H,1H3,(H,17,18). The SMILES string of the molecule is COc1ccccc1C=Nc1ccc(C(=O)O)cc1. The molecule has 0 bridgehead atoms. The van der Waals surface area contributed by atoms with E-state index in [9.17, 15) is 4.79 Å². The third-order valence-electron chi connectivity index (χ3n) is 2.61. The minimum absolute atomic E-state index is 0.247. The predicted octanol–water partition coefficient (Wildman–Crippen LogP) is 3.14. The van der Waals surface area contributed by atoms with Crippen molar-refractivity contribution in [2.45, 2.75) is 0 Å². The maximum Gasteiger partial charge on any atom is 0.335 e. The molecule has 0 aliphatic rings. The monoisotopic (exact) mass is 255 g/mol. The van der Waals surface area contributed by atoms with Gasteiger partial charge >= 0.3 is 5.97 Å². The summed E-state index contributed by atoms with van der Waals surface area (Å²) in [5.41, 5.74) is 1.81. The van der Waals surface area contributed by atoms with Crippen LogP contribution in [0.1, 0.15) is 15.9 Å². The molecule has 0 aromatic heterocycles. The smallest absolute Gasteiger partial charge is 0.335 e. The van der Waals surface area contributed by atoms with E-state index in [2.05, 4.69) is 4.99 Å². The summed E-state index contributed by atoms with van der Waals surface area (Å²) in [7, 11) is 1.61. The van der Waals surface area contributed by atoms with Crippen molar-refractivity contribution in [1.82, 2.24) is 0 Å². The van der Waals surface area contributed by atoms with Crippen LogP contribution in [0.2, 0.25) is 0 Å². The Morgan fingerprint density at radius 2 is 1.84 bits per heavy atom. The minimum Gasteiger partial charge on any atom is -0.496 e. The number of benzene rings is 2. The molecule has 96 valence electrons. The number of aliphatic imine (C=N–C) groups is 1. The number of nitrogens with zero attached hydrogens (tertiary/aromatic N) is 1. The molecule has 0 aliphatic heterocycles. The average Bonchev–Trinajstić information content (AvgIpc) is 2.45. The highest BCUT2D eigenvalue weighted by molar-refractivity contribution is 5.88. The highest BCUT2D eigenvalue weighted by Crippen LogP contribution is 2.17. The first kappa shape index (κ1) is 12.8. The van der Waals surface area contributed by atoms with E-state index in [4.69, 9.17) is 9.84 Å². The molecule has 0 heterocycles. The van der Waals surface area contributed by atoms with Crippen LogP contribution in [0, 0.1) is 0 Å². The molecule has 0 atom stereocenters. The number of carboxylic acid groups (broad SMARTS) is 1. The fraction of sp³-hybridized carbons (Fsp3) is 0.0667. The van der Waals surface area contributed by atoms with Gasteiger partial charge in [0, 0.05) is 11.8 Å². The van der Waals surface area contributed by atoms with E-state index in [0.717, 1.165) is 11.3 Å². The van der Waals surface area contributed by atoms with Crippen LogP contribution < -0.4 is 4.74 Å². The number of carbonyl (C=O) groups is 1. The number of carboxylic acids is 1. The van der Waals surface area contributed by atoms with Gasteiger partial charge < -0.3 is 9.84 Å². The van der Waals surface area contributed by atoms with Gasteiger partial charge in [-0.2, -0.15) is 0 Å². The van der Waals surface area contributed by atoms with Gasteiger partial charge in [-0.25, -0.2) is 4.79 Å². The molecule has 0 fully saturated rings. The zero-order chi connectivity index (χ0) is 13.7. The van der Waals surface area contributed by atoms with Crippen LogP contribution in [0.15, 0.2) is 53.5 Å². The lowest BCUT2D eigenvalue weighted by Gasteiger charge is -2.02. The summed E-state index contributed by atoms with van der Waals surface area (Å²) in [5, 5.41) is 8.80. The summed E-state index contributed by atoms with van der Waals surface area (Å²) in [6.45, 7) is 0. The van der Waals surface area contributed by atoms with Crippen LogP contribution in [0.25, 0.3) is 0 Å². The molecular formula is C15H13NO3. The summed E-state index contributed by atoms with van der Waals surface area (Å²) in [6, 6.07) is 13.9. The third-order valence-corrected chi connectivity index (χ3v) is 2.61. The van der Waals surface area contributed by atoms with Crippen LogP contribution in [0.4, 0.5) is 5.69 Å². The maximum absolute atomic E-state index is 10.7. The zero-order valence-corrected chi connectivity index (χ0v) is 10.4. The van der Waals surface area contributed by atoms with Crippen LogP contribution >= 0.6 is 0 Å². The first-order chi connectivity index (χ1) is 9.20. The van der Waals surface area contributed by atoms with Gasteiger partial charge in [-0.1, -0.05) is 12.1 Å². The normalized spacial score (nSPS) is 10.6. The fourth-order valence-corrected chi connectivity index (χ4v) is 1.61. The number of ether oxygens (including phenoxy) is 1. The van der Waals surface area contributed by atoms with Crippen LogP contribution in [0.5, 0.6) is 5.75 Å². The lowest BCUT2D eigenvalue weighted by molar-refractivity contribution is 0.0697. The van der Waals surface area contributed by atoms with Crippen molar-refractivity contribution in [3.8, 4) is 5.75 Å². The maximum atomic E-state index is 10.7. The highest BCUT2D eigenvalue weighted by atomic mass is 16.5. The quantitative estimate of drug-likeness (QED) is 0.854. The summed E-state index contributed by atoms with van der Waals surface area (Å²) in [6.07, 6.45) is 1.69. The number of hydrogen-bond acceptors (Lipinski definition) is 3. The average molecular weight is 255 g/mol. The number of hydrogen-bond donors (Lipinski definition) is 1. The summed E-state index contributed by atoms with van der Waals surface area (Å²) >= 11 is 0. The van der Waals surface area contributed by atoms with E-state index >= 15 is 0 Å². The molecule has 19 heavy (non-hydrogen) atoms. The summed E-state index contributed by atoms with van der Waals surface area (Å²) in [5.74, 6) is -0.200. The second-order valence-electron chi connectivity index (χ2n) is 3.85. The Bertz CT molecular complexity index is 603. The molecular weight excluding hydrogens is 242 g/mol. The van der Waals surface area contributed by atoms with E-state index in [1.165, 1.54) is 12.1 Å². The Balaban J connectivity index is 2.20. The topological polar surface area (TPSA) is 58.9 Å². The van der Waals surface area contributed by atoms with Gasteiger partial charge in [-0.3, -0.25) is 4.99 Å². The predicted molar refractivity (Wildman–Crippen MR) is 73.6 cm³/mol. The molecule has 0 saturated heterocycles. The molecule has 0 amide bonds. The van der Waals surface area contributed by atoms with E-state index in [1.54, 1.807) is 25.5 Å². The van der Waals surface area contributed by atoms with E-state index in [-0.39, 0.29) is 5.56 Å². The molecule has 0 saturated carbocycles. The fourth-order valence-electron chi connectivity index (χ4n) is 1.61. The molecule has 0 aliphatic carbocycles. The zero-order valence-electron chi connectivity index (χ0n) is 10.4. The van der Waals surface area contributed by atoms with Crippen LogP contribution in [-0.4, -0.2) is 24.4 Å². The molecule has 2 rings (SSSR count). The van der Waals surface area contributed by atoms with Crippen molar-refractivity contribution >= 4 is 17.9 Å². The van der Waals surface area contributed by atoms with Crippen molar-refractivity contribution in [2.75, 3.05) is 7.11 Å². The lowest BCUT2D eigenvalue weighted by atomic mass is 10.2. The van der Waals surface area contributed by atoms with Crippen molar-refractivity contribution in [3.63, 3.8) is 0 Å². The van der Waals surface area contributed by atoms with Crippen molar-refractivity contribution in [2.24, 2.45) is 4.99 Å². The Morgan fingerprint density at radius 3 is 2.47 bits per heavy atom. The molecule has 0 radical (unpaired) electrons. The first-order valence-electron chi connectivity index (χ1n) is 5.71. The van der Waals surface area contributed by atoms with Crippen molar-refractivity contribution in [1.29, 1.82) is 0 Å². The Labute approximate surface area is 111 Å². The lowest BCUT2D eigenvalue weighted by Crippen LogP contribution is -1.94. The number of aromatic carboxylic acids is 1. The van der Waals surface area contributed by atoms with Gasteiger partial charge in [0.2, 0.25) is 0 Å². The summed E-state index contributed by atoms with van der Waals surface area (Å²) in [4.78, 5) is 15.0. The number of methoxy groups -OCH3 is 1. The Kier molecular flexibility index (Phi) is 3.93. The van der Waals surface area contributed by atoms with E-state index < -0.39 is 5.97 Å². The van der Waals surface area contributed by atoms with Gasteiger partial charge in [0.25, 0.3) is 0 Å². The number of rotatable bonds is 4. The molecule has 0 unspecified atom stereocenters. The largest absolute Gasteiger partial charge is 0.496 e. The van der Waals surface area contributed by atoms with Gasteiger partial charge in [-0.15, -0.1) is 0 Å². The third kappa shape index (κ3) is 3.19. The minimum atomic E-state index is -0.944. The molecule has 4 heteroatoms. The second kappa shape index (κ2) is 5.82. The summed E-state index contributed by atoms with van der Waals surface area (Å²) < 4.78 is 5.22. The van der Waals surface area contributed by atoms with Crippen molar-refractivity contribution in [3.05, 3.63) is 59.7 Å². The van der Waals surface area contributed by atoms with Crippen LogP contribution in [-0.2, 0) is 0 Å². The second-order valence-corrected chi connectivity index (χ2v) is 3.85. The molecule has 0 spiro atoms. The van der Waals surface area contributed by atoms with E-state index in [0.29, 0.717) is 5.69 Å². The molecule has 2 aromatic rings. The van der Waals surface area contributed by atoms with Crippen molar-refractivity contribution < 1.29 is 14.6 Å². The highest BCUT2D eigenvalue weighted by Gasteiger charge is 2.01. The first-order valence-corrected chi connectivity index (χ1v) is 5.71. The van der Waals surface area contributed by atoms with Crippen LogP contribution in [0.3, 0.4) is 0 Å². The van der Waals surface area contributed by atoms with Gasteiger partial charge in [0.1, 0.15) is 5.75 Å². The molecule has 4 nitrogen and oxygen atoms in total. The van der Waals surface area contributed by atoms with Gasteiger partial charge in [0.05, 0.1) is 18.4 Å². The molecule has 2 aromatic carbocycles. The number of para-hydroxylation sites is 1. The molecule has 1 N–H and O–H groups in total. The Hall–Kier alpha value is -2.62. The Morgan fingerprint density at radius 1 is 1.16 bits per heavy atom. The van der Waals surface area contributed by atoms with Gasteiger partial charge in [0.15, 0.2) is 0 Å². The van der Waals surface area contributed by atoms with Gasteiger partial charge in [-0.05, 0) is 36.4 Å². The van der Waals surface area contributed by atoms with E-state index in [1.807, 2.05) is 24.3 Å².